The Morgan fingerprint density at radius 3 is 0.723 bits per heavy atom. The van der Waals surface area contributed by atoms with Crippen LogP contribution in [0.15, 0.2) is 0 Å². The molecule has 0 bridgehead atoms. The highest BCUT2D eigenvalue weighted by atomic mass is 31.2. The molecule has 0 rings (SSSR count). The first-order valence-electron chi connectivity index (χ1n) is 39.1. The Morgan fingerprint density at radius 1 is 0.287 bits per heavy atom. The molecule has 17 nitrogen and oxygen atoms in total. The summed E-state index contributed by atoms with van der Waals surface area (Å²) in [5.74, 6) is -1.32. The minimum Gasteiger partial charge on any atom is -0.462 e. The molecule has 0 aromatic carbocycles. The van der Waals surface area contributed by atoms with Crippen LogP contribution in [0, 0.1) is 5.92 Å². The van der Waals surface area contributed by atoms with Gasteiger partial charge in [-0.1, -0.05) is 343 Å². The zero-order chi connectivity index (χ0) is 69.1. The van der Waals surface area contributed by atoms with Crippen LogP contribution in [-0.2, 0) is 65.4 Å². The Hall–Kier alpha value is -1.94. The van der Waals surface area contributed by atoms with Crippen molar-refractivity contribution in [3.8, 4) is 0 Å². The number of phosphoric acid groups is 2. The van der Waals surface area contributed by atoms with Gasteiger partial charge in [0.2, 0.25) is 0 Å². The van der Waals surface area contributed by atoms with E-state index in [0.29, 0.717) is 25.7 Å². The van der Waals surface area contributed by atoms with E-state index in [0.717, 1.165) is 95.8 Å². The van der Waals surface area contributed by atoms with E-state index in [1.165, 1.54) is 218 Å². The Bertz CT molecular complexity index is 1810. The highest BCUT2D eigenvalue weighted by Crippen LogP contribution is 2.45. The fourth-order valence-corrected chi connectivity index (χ4v) is 13.1. The summed E-state index contributed by atoms with van der Waals surface area (Å²) >= 11 is 0. The van der Waals surface area contributed by atoms with E-state index in [1.807, 2.05) is 0 Å². The van der Waals surface area contributed by atoms with Crippen molar-refractivity contribution < 1.29 is 80.2 Å². The van der Waals surface area contributed by atoms with Crippen LogP contribution in [0.5, 0.6) is 0 Å². The zero-order valence-electron chi connectivity index (χ0n) is 61.1. The average Bonchev–Trinajstić information content (AvgIpc) is 1.73. The van der Waals surface area contributed by atoms with Gasteiger partial charge in [0.25, 0.3) is 0 Å². The lowest BCUT2D eigenvalue weighted by Crippen LogP contribution is -2.30. The molecule has 0 spiro atoms. The molecule has 0 aliphatic carbocycles. The number of hydrogen-bond acceptors (Lipinski definition) is 15. The lowest BCUT2D eigenvalue weighted by molar-refractivity contribution is -0.161. The van der Waals surface area contributed by atoms with Crippen molar-refractivity contribution >= 4 is 39.5 Å². The SMILES string of the molecule is CCCCCCCCCCCCCCCC(=O)OC[C@H](COP(=O)(O)OC[C@@H](O)COP(=O)(O)OC[C@@H](COC(=O)CCCCCCCCCCCCC)OC(=O)CCCCCCCCCCCCCCC)OC(=O)CCCCCCCCCCCCCCCCC(C)C. The van der Waals surface area contributed by atoms with Gasteiger partial charge in [-0.2, -0.15) is 0 Å². The van der Waals surface area contributed by atoms with Crippen LogP contribution >= 0.6 is 15.6 Å². The summed E-state index contributed by atoms with van der Waals surface area (Å²) in [4.78, 5) is 72.8. The van der Waals surface area contributed by atoms with Crippen LogP contribution < -0.4 is 0 Å². The van der Waals surface area contributed by atoms with Crippen molar-refractivity contribution in [2.45, 2.75) is 412 Å². The van der Waals surface area contributed by atoms with Gasteiger partial charge in [0, 0.05) is 25.7 Å². The monoisotopic (exact) mass is 1380 g/mol. The molecule has 94 heavy (non-hydrogen) atoms. The fraction of sp³-hybridized carbons (Fsp3) is 0.947. The number of carbonyl (C=O) groups is 4. The zero-order valence-corrected chi connectivity index (χ0v) is 62.9. The molecule has 2 unspecified atom stereocenters. The third kappa shape index (κ3) is 68.6. The fourth-order valence-electron chi connectivity index (χ4n) is 11.5. The Morgan fingerprint density at radius 2 is 0.489 bits per heavy atom. The van der Waals surface area contributed by atoms with Gasteiger partial charge in [0.15, 0.2) is 12.2 Å². The third-order valence-corrected chi connectivity index (χ3v) is 19.4. The van der Waals surface area contributed by atoms with Crippen molar-refractivity contribution in [1.82, 2.24) is 0 Å². The number of rotatable bonds is 75. The Balaban J connectivity index is 5.25. The molecule has 0 aromatic heterocycles. The average molecular weight is 1380 g/mol. The molecule has 5 atom stereocenters. The molecule has 0 amide bonds. The quantitative estimate of drug-likeness (QED) is 0.0222. The standard InChI is InChI=1S/C75H146O17P2/c1-6-9-12-15-18-21-24-28-34-39-44-49-54-59-73(78)86-65-71(92-75(80)61-56-51-46-41-36-31-27-26-30-33-37-42-47-52-57-68(4)5)67-90-94(83,84)88-63-69(76)62-87-93(81,82)89-66-70(64-85-72(77)58-53-48-43-38-32-23-20-17-14-11-8-3)91-74(79)60-55-50-45-40-35-29-25-22-19-16-13-10-7-2/h68-71,76H,6-67H2,1-5H3,(H,81,82)(H,83,84)/t69-,70+,71+/m0/s1. The second kappa shape index (κ2) is 68.2. The summed E-state index contributed by atoms with van der Waals surface area (Å²) in [6, 6.07) is 0. The van der Waals surface area contributed by atoms with Gasteiger partial charge in [-0.15, -0.1) is 0 Å². The Kier molecular flexibility index (Phi) is 66.8. The molecular formula is C75H146O17P2. The summed E-state index contributed by atoms with van der Waals surface area (Å²) in [7, 11) is -9.91. The molecule has 558 valence electrons. The van der Waals surface area contributed by atoms with Crippen LogP contribution in [0.2, 0.25) is 0 Å². The smallest absolute Gasteiger partial charge is 0.462 e. The van der Waals surface area contributed by atoms with Crippen LogP contribution in [0.4, 0.5) is 0 Å². The molecule has 0 saturated heterocycles. The van der Waals surface area contributed by atoms with Crippen molar-refractivity contribution in [2.24, 2.45) is 5.92 Å². The molecule has 0 aliphatic rings. The van der Waals surface area contributed by atoms with E-state index in [1.54, 1.807) is 0 Å². The minimum absolute atomic E-state index is 0.108. The van der Waals surface area contributed by atoms with E-state index in [4.69, 9.17) is 37.0 Å². The minimum atomic E-state index is -4.96. The summed E-state index contributed by atoms with van der Waals surface area (Å²) in [6.45, 7) is 7.31. The van der Waals surface area contributed by atoms with Gasteiger partial charge >= 0.3 is 39.5 Å². The number of esters is 4. The highest BCUT2D eigenvalue weighted by molar-refractivity contribution is 7.47. The van der Waals surface area contributed by atoms with Gasteiger partial charge < -0.3 is 33.8 Å². The van der Waals surface area contributed by atoms with Gasteiger partial charge in [0.05, 0.1) is 26.4 Å². The van der Waals surface area contributed by atoms with E-state index in [9.17, 15) is 43.2 Å². The van der Waals surface area contributed by atoms with Crippen LogP contribution in [-0.4, -0.2) is 96.7 Å². The first kappa shape index (κ1) is 92.1. The molecule has 0 radical (unpaired) electrons. The number of phosphoric ester groups is 2. The van der Waals surface area contributed by atoms with Gasteiger partial charge in [-0.25, -0.2) is 9.13 Å². The second-order valence-electron chi connectivity index (χ2n) is 27.5. The van der Waals surface area contributed by atoms with E-state index in [2.05, 4.69) is 34.6 Å². The molecule has 0 aromatic rings. The number of unbranched alkanes of at least 4 members (excludes halogenated alkanes) is 47. The first-order chi connectivity index (χ1) is 45.5. The molecule has 0 fully saturated rings. The maximum Gasteiger partial charge on any atom is 0.472 e. The maximum absolute atomic E-state index is 13.1. The molecule has 19 heteroatoms. The van der Waals surface area contributed by atoms with Gasteiger partial charge in [-0.05, 0) is 31.6 Å². The predicted molar refractivity (Wildman–Crippen MR) is 382 cm³/mol. The molecular weight excluding hydrogens is 1230 g/mol. The number of ether oxygens (including phenoxy) is 4. The van der Waals surface area contributed by atoms with Crippen molar-refractivity contribution in [2.75, 3.05) is 39.6 Å². The van der Waals surface area contributed by atoms with Crippen molar-refractivity contribution in [3.05, 3.63) is 0 Å². The Labute approximate surface area is 575 Å². The molecule has 0 heterocycles. The third-order valence-electron chi connectivity index (χ3n) is 17.5. The molecule has 3 N–H and O–H groups in total. The normalized spacial score (nSPS) is 14.0. The second-order valence-corrected chi connectivity index (χ2v) is 30.4. The number of hydrogen-bond donors (Lipinski definition) is 3. The summed E-state index contributed by atoms with van der Waals surface area (Å²) in [5, 5.41) is 10.6. The van der Waals surface area contributed by atoms with E-state index < -0.39 is 97.5 Å². The van der Waals surface area contributed by atoms with E-state index in [-0.39, 0.29) is 25.7 Å². The number of aliphatic hydroxyl groups is 1. The predicted octanol–water partition coefficient (Wildman–Crippen LogP) is 22.1. The van der Waals surface area contributed by atoms with Crippen LogP contribution in [0.25, 0.3) is 0 Å². The summed E-state index contributed by atoms with van der Waals surface area (Å²) in [5.41, 5.74) is 0. The van der Waals surface area contributed by atoms with Crippen molar-refractivity contribution in [1.29, 1.82) is 0 Å². The summed E-state index contributed by atoms with van der Waals surface area (Å²) in [6.07, 6.45) is 56.6. The van der Waals surface area contributed by atoms with Crippen molar-refractivity contribution in [3.63, 3.8) is 0 Å². The van der Waals surface area contributed by atoms with Crippen LogP contribution in [0.1, 0.15) is 394 Å². The largest absolute Gasteiger partial charge is 0.472 e. The van der Waals surface area contributed by atoms with Gasteiger partial charge in [-0.3, -0.25) is 37.3 Å². The lowest BCUT2D eigenvalue weighted by atomic mass is 10.0. The maximum atomic E-state index is 13.1. The summed E-state index contributed by atoms with van der Waals surface area (Å²) < 4.78 is 68.5. The molecule has 0 saturated carbocycles. The highest BCUT2D eigenvalue weighted by Gasteiger charge is 2.30. The van der Waals surface area contributed by atoms with Crippen LogP contribution in [0.3, 0.4) is 0 Å². The lowest BCUT2D eigenvalue weighted by Gasteiger charge is -2.21. The number of aliphatic hydroxyl groups excluding tert-OH is 1. The molecule has 0 aliphatic heterocycles. The van der Waals surface area contributed by atoms with E-state index >= 15 is 0 Å². The van der Waals surface area contributed by atoms with Gasteiger partial charge in [0.1, 0.15) is 19.3 Å². The first-order valence-corrected chi connectivity index (χ1v) is 42.1. The topological polar surface area (TPSA) is 237 Å². The number of carbonyl (C=O) groups excluding carboxylic acids is 4.